The van der Waals surface area contributed by atoms with E-state index in [2.05, 4.69) is 4.90 Å². The van der Waals surface area contributed by atoms with Gasteiger partial charge in [-0.15, -0.1) is 0 Å². The number of nitrogens with zero attached hydrogens (tertiary/aromatic N) is 4. The van der Waals surface area contributed by atoms with E-state index < -0.39 is 20.0 Å². The van der Waals surface area contributed by atoms with Crippen LogP contribution in [0.15, 0.2) is 53.4 Å². The number of sulfonamides is 2. The molecule has 0 unspecified atom stereocenters. The molecule has 0 spiro atoms. The number of carbonyl (C=O) groups is 1. The van der Waals surface area contributed by atoms with Gasteiger partial charge in [0, 0.05) is 45.0 Å². The third-order valence-corrected chi connectivity index (χ3v) is 9.54. The first-order valence-electron chi connectivity index (χ1n) is 11.9. The fourth-order valence-electron chi connectivity index (χ4n) is 4.35. The van der Waals surface area contributed by atoms with Gasteiger partial charge in [-0.1, -0.05) is 0 Å². The molecule has 1 amide bonds. The van der Waals surface area contributed by atoms with Gasteiger partial charge in [0.2, 0.25) is 26.0 Å². The summed E-state index contributed by atoms with van der Waals surface area (Å²) in [5.41, 5.74) is 1.26. The Hall–Kier alpha value is -2.87. The van der Waals surface area contributed by atoms with Gasteiger partial charge in [-0.3, -0.25) is 9.10 Å². The molecule has 0 bridgehead atoms. The lowest BCUT2D eigenvalue weighted by Crippen LogP contribution is -2.52. The highest BCUT2D eigenvalue weighted by atomic mass is 32.2. The Labute approximate surface area is 218 Å². The second-order valence-corrected chi connectivity index (χ2v) is 12.7. The van der Waals surface area contributed by atoms with Gasteiger partial charge < -0.3 is 19.3 Å². The fraction of sp³-hybridized carbons (Fsp3) is 0.458. The first-order chi connectivity index (χ1) is 17.6. The standard InChI is InChI=1S/C24H32N4O7S2/c1-34-22-7-3-20(4-8-22)25-11-13-26(14-12-25)24(29)19-28(36(2,30)31)21-5-9-23(10-6-21)37(32,33)27-15-17-35-18-16-27/h3-10H,11-19H2,1-2H3. The van der Waals surface area contributed by atoms with Crippen LogP contribution in [0.1, 0.15) is 0 Å². The minimum Gasteiger partial charge on any atom is -0.497 e. The SMILES string of the molecule is COc1ccc(N2CCN(C(=O)CN(c3ccc(S(=O)(=O)N4CCOCC4)cc3)S(C)(=O)=O)CC2)cc1. The molecule has 2 aliphatic heterocycles. The lowest BCUT2D eigenvalue weighted by atomic mass is 10.2. The third-order valence-electron chi connectivity index (χ3n) is 6.48. The van der Waals surface area contributed by atoms with Crippen LogP contribution < -0.4 is 13.9 Å². The van der Waals surface area contributed by atoms with Crippen LogP contribution in [-0.4, -0.2) is 104 Å². The van der Waals surface area contributed by atoms with Crippen molar-refractivity contribution in [3.8, 4) is 5.75 Å². The Kier molecular flexibility index (Phi) is 8.26. The number of benzene rings is 2. The zero-order chi connectivity index (χ0) is 26.6. The van der Waals surface area contributed by atoms with Gasteiger partial charge >= 0.3 is 0 Å². The van der Waals surface area contributed by atoms with Crippen molar-refractivity contribution < 1.29 is 31.1 Å². The van der Waals surface area contributed by atoms with Crippen LogP contribution in [0.25, 0.3) is 0 Å². The molecule has 0 N–H and O–H groups in total. The van der Waals surface area contributed by atoms with Crippen molar-refractivity contribution in [2.24, 2.45) is 0 Å². The largest absolute Gasteiger partial charge is 0.497 e. The third kappa shape index (κ3) is 6.35. The van der Waals surface area contributed by atoms with Crippen molar-refractivity contribution in [2.45, 2.75) is 4.90 Å². The molecule has 4 rings (SSSR count). The number of amides is 1. The molecule has 0 radical (unpaired) electrons. The minimum absolute atomic E-state index is 0.0626. The zero-order valence-corrected chi connectivity index (χ0v) is 22.6. The van der Waals surface area contributed by atoms with Gasteiger partial charge in [0.05, 0.1) is 37.2 Å². The van der Waals surface area contributed by atoms with Crippen molar-refractivity contribution in [2.75, 3.05) is 81.6 Å². The summed E-state index contributed by atoms with van der Waals surface area (Å²) in [6.07, 6.45) is 1.03. The van der Waals surface area contributed by atoms with E-state index in [9.17, 15) is 21.6 Å². The molecule has 0 aliphatic carbocycles. The Morgan fingerprint density at radius 1 is 0.892 bits per heavy atom. The van der Waals surface area contributed by atoms with Crippen molar-refractivity contribution >= 4 is 37.3 Å². The number of hydrogen-bond acceptors (Lipinski definition) is 8. The number of rotatable bonds is 8. The topological polar surface area (TPSA) is 117 Å². The maximum absolute atomic E-state index is 13.1. The summed E-state index contributed by atoms with van der Waals surface area (Å²) in [6, 6.07) is 13.3. The van der Waals surface area contributed by atoms with Gasteiger partial charge in [0.1, 0.15) is 12.3 Å². The van der Waals surface area contributed by atoms with Crippen LogP contribution in [0, 0.1) is 0 Å². The Morgan fingerprint density at radius 3 is 2.03 bits per heavy atom. The summed E-state index contributed by atoms with van der Waals surface area (Å²) in [4.78, 5) is 16.9. The molecule has 0 aromatic heterocycles. The second-order valence-electron chi connectivity index (χ2n) is 8.85. The monoisotopic (exact) mass is 552 g/mol. The Bertz CT molecular complexity index is 1290. The van der Waals surface area contributed by atoms with E-state index in [-0.39, 0.29) is 36.1 Å². The highest BCUT2D eigenvalue weighted by Gasteiger charge is 2.29. The first-order valence-corrected chi connectivity index (χ1v) is 15.2. The number of piperazine rings is 1. The molecule has 202 valence electrons. The quantitative estimate of drug-likeness (QED) is 0.473. The number of hydrogen-bond donors (Lipinski definition) is 0. The summed E-state index contributed by atoms with van der Waals surface area (Å²) in [5.74, 6) is 0.454. The van der Waals surface area contributed by atoms with Crippen LogP contribution in [0.3, 0.4) is 0 Å². The molecule has 37 heavy (non-hydrogen) atoms. The van der Waals surface area contributed by atoms with Crippen LogP contribution in [0.4, 0.5) is 11.4 Å². The molecular formula is C24H32N4O7S2. The molecule has 2 aliphatic rings. The van der Waals surface area contributed by atoms with Crippen LogP contribution in [-0.2, 0) is 29.6 Å². The van der Waals surface area contributed by atoms with Gasteiger partial charge in [-0.05, 0) is 48.5 Å². The lowest BCUT2D eigenvalue weighted by Gasteiger charge is -2.37. The van der Waals surface area contributed by atoms with Gasteiger partial charge in [0.25, 0.3) is 0 Å². The molecule has 2 heterocycles. The normalized spacial score (nSPS) is 17.5. The predicted octanol–water partition coefficient (Wildman–Crippen LogP) is 0.831. The molecule has 13 heteroatoms. The highest BCUT2D eigenvalue weighted by Crippen LogP contribution is 2.24. The average Bonchev–Trinajstić information content (AvgIpc) is 2.91. The highest BCUT2D eigenvalue weighted by molar-refractivity contribution is 7.92. The van der Waals surface area contributed by atoms with Crippen LogP contribution in [0.5, 0.6) is 5.75 Å². The van der Waals surface area contributed by atoms with E-state index in [4.69, 9.17) is 9.47 Å². The molecule has 2 aromatic rings. The number of methoxy groups -OCH3 is 1. The van der Waals surface area contributed by atoms with E-state index >= 15 is 0 Å². The maximum atomic E-state index is 13.1. The second kappa shape index (κ2) is 11.3. The van der Waals surface area contributed by atoms with Crippen LogP contribution >= 0.6 is 0 Å². The molecular weight excluding hydrogens is 520 g/mol. The smallest absolute Gasteiger partial charge is 0.243 e. The molecule has 2 aromatic carbocycles. The number of ether oxygens (including phenoxy) is 2. The predicted molar refractivity (Wildman–Crippen MR) is 140 cm³/mol. The number of morpholine rings is 1. The lowest BCUT2D eigenvalue weighted by molar-refractivity contribution is -0.129. The van der Waals surface area contributed by atoms with Crippen LogP contribution in [0.2, 0.25) is 0 Å². The first kappa shape index (κ1) is 27.2. The Morgan fingerprint density at radius 2 is 1.49 bits per heavy atom. The van der Waals surface area contributed by atoms with Crippen molar-refractivity contribution in [3.05, 3.63) is 48.5 Å². The van der Waals surface area contributed by atoms with E-state index in [0.29, 0.717) is 39.4 Å². The van der Waals surface area contributed by atoms with Crippen molar-refractivity contribution in [3.63, 3.8) is 0 Å². The fourth-order valence-corrected chi connectivity index (χ4v) is 6.61. The van der Waals surface area contributed by atoms with E-state index in [1.165, 1.54) is 28.6 Å². The van der Waals surface area contributed by atoms with E-state index in [0.717, 1.165) is 22.0 Å². The van der Waals surface area contributed by atoms with Gasteiger partial charge in [0.15, 0.2) is 0 Å². The average molecular weight is 553 g/mol. The van der Waals surface area contributed by atoms with Gasteiger partial charge in [-0.2, -0.15) is 4.31 Å². The molecule has 0 atom stereocenters. The van der Waals surface area contributed by atoms with E-state index in [1.54, 1.807) is 12.0 Å². The summed E-state index contributed by atoms with van der Waals surface area (Å²) < 4.78 is 63.7. The van der Waals surface area contributed by atoms with Gasteiger partial charge in [-0.25, -0.2) is 16.8 Å². The zero-order valence-electron chi connectivity index (χ0n) is 20.9. The molecule has 2 saturated heterocycles. The number of anilines is 2. The summed E-state index contributed by atoms with van der Waals surface area (Å²) in [6.45, 7) is 2.97. The Balaban J connectivity index is 1.41. The summed E-state index contributed by atoms with van der Waals surface area (Å²) in [5, 5.41) is 0. The molecule has 11 nitrogen and oxygen atoms in total. The van der Waals surface area contributed by atoms with Crippen molar-refractivity contribution in [1.29, 1.82) is 0 Å². The molecule has 2 fully saturated rings. The summed E-state index contributed by atoms with van der Waals surface area (Å²) in [7, 11) is -5.90. The minimum atomic E-state index is -3.79. The number of carbonyl (C=O) groups excluding carboxylic acids is 1. The maximum Gasteiger partial charge on any atom is 0.243 e. The van der Waals surface area contributed by atoms with Crippen molar-refractivity contribution in [1.82, 2.24) is 9.21 Å². The van der Waals surface area contributed by atoms with E-state index in [1.807, 2.05) is 24.3 Å². The molecule has 0 saturated carbocycles. The summed E-state index contributed by atoms with van der Waals surface area (Å²) >= 11 is 0.